The molecule has 0 spiro atoms. The van der Waals surface area contributed by atoms with Crippen LogP contribution in [0, 0.1) is 0 Å². The van der Waals surface area contributed by atoms with E-state index in [1.54, 1.807) is 5.38 Å². The molecule has 0 bridgehead atoms. The molecule has 0 aliphatic rings. The van der Waals surface area contributed by atoms with E-state index < -0.39 is 0 Å². The predicted octanol–water partition coefficient (Wildman–Crippen LogP) is 0.437. The van der Waals surface area contributed by atoms with Crippen LogP contribution in [-0.2, 0) is 13.0 Å². The smallest absolute Gasteiger partial charge is 0.304 e. The summed E-state index contributed by atoms with van der Waals surface area (Å²) < 4.78 is 0. The second-order valence-corrected chi connectivity index (χ2v) is 4.55. The summed E-state index contributed by atoms with van der Waals surface area (Å²) in [5.41, 5.74) is 0.669. The Morgan fingerprint density at radius 2 is 2.39 bits per heavy atom. The van der Waals surface area contributed by atoms with Gasteiger partial charge in [0.2, 0.25) is 5.82 Å². The molecule has 0 aliphatic carbocycles. The molecule has 2 heterocycles. The van der Waals surface area contributed by atoms with Crippen LogP contribution in [0.2, 0.25) is 0 Å². The molecular formula is C10H13N5O2S. The second-order valence-electron chi connectivity index (χ2n) is 3.71. The number of nitrogens with zero attached hydrogens (tertiary/aromatic N) is 2. The van der Waals surface area contributed by atoms with Crippen LogP contribution in [0.3, 0.4) is 0 Å². The third-order valence-corrected chi connectivity index (χ3v) is 2.95. The summed E-state index contributed by atoms with van der Waals surface area (Å²) in [6, 6.07) is 0. The van der Waals surface area contributed by atoms with E-state index in [4.69, 9.17) is 0 Å². The van der Waals surface area contributed by atoms with E-state index >= 15 is 0 Å². The molecule has 0 saturated heterocycles. The fraction of sp³-hybridized carbons (Fsp3) is 0.400. The maximum Gasteiger partial charge on any atom is 0.304 e. The molecule has 0 unspecified atom stereocenters. The van der Waals surface area contributed by atoms with E-state index in [9.17, 15) is 9.59 Å². The lowest BCUT2D eigenvalue weighted by Gasteiger charge is -1.98. The van der Waals surface area contributed by atoms with Gasteiger partial charge in [-0.1, -0.05) is 18.3 Å². The Bertz CT molecular complexity index is 585. The van der Waals surface area contributed by atoms with Gasteiger partial charge in [-0.05, 0) is 6.42 Å². The number of aromatic amines is 2. The molecule has 1 amide bonds. The number of hydrogen-bond acceptors (Lipinski definition) is 5. The van der Waals surface area contributed by atoms with E-state index in [0.717, 1.165) is 24.2 Å². The fourth-order valence-electron chi connectivity index (χ4n) is 1.40. The van der Waals surface area contributed by atoms with Crippen LogP contribution in [0.4, 0.5) is 0 Å². The van der Waals surface area contributed by atoms with Gasteiger partial charge in [-0.15, -0.1) is 5.10 Å². The van der Waals surface area contributed by atoms with Crippen LogP contribution in [-0.4, -0.2) is 26.1 Å². The first kappa shape index (κ1) is 12.5. The first-order valence-corrected chi connectivity index (χ1v) is 6.43. The highest BCUT2D eigenvalue weighted by Crippen LogP contribution is 1.98. The fourth-order valence-corrected chi connectivity index (χ4v) is 1.98. The van der Waals surface area contributed by atoms with Crippen molar-refractivity contribution in [2.75, 3.05) is 0 Å². The molecule has 0 radical (unpaired) electrons. The monoisotopic (exact) mass is 267 g/mol. The zero-order valence-electron chi connectivity index (χ0n) is 9.82. The van der Waals surface area contributed by atoms with Gasteiger partial charge >= 0.3 is 4.87 Å². The van der Waals surface area contributed by atoms with Crippen LogP contribution in [0.5, 0.6) is 0 Å². The normalized spacial score (nSPS) is 10.5. The molecular weight excluding hydrogens is 254 g/mol. The molecule has 2 rings (SSSR count). The summed E-state index contributed by atoms with van der Waals surface area (Å²) in [5.74, 6) is 0.461. The lowest BCUT2D eigenvalue weighted by molar-refractivity contribution is 0.0940. The topological polar surface area (TPSA) is 104 Å². The first-order chi connectivity index (χ1) is 8.69. The molecule has 96 valence electrons. The number of aromatic nitrogens is 4. The maximum absolute atomic E-state index is 11.7. The molecule has 8 heteroatoms. The standard InChI is InChI=1S/C10H13N5O2S/c1-2-3-7-13-8(15-14-7)9(16)11-4-6-5-18-10(17)12-6/h5H,2-4H2,1H3,(H,11,16)(H,12,17)(H,13,14,15). The van der Waals surface area contributed by atoms with Crippen LogP contribution in [0.25, 0.3) is 0 Å². The number of thiazole rings is 1. The Labute approximate surface area is 107 Å². The van der Waals surface area contributed by atoms with E-state index in [2.05, 4.69) is 25.5 Å². The molecule has 18 heavy (non-hydrogen) atoms. The third-order valence-electron chi connectivity index (χ3n) is 2.23. The molecule has 0 aliphatic heterocycles. The number of hydrogen-bond donors (Lipinski definition) is 3. The van der Waals surface area contributed by atoms with Crippen LogP contribution in [0.15, 0.2) is 10.2 Å². The van der Waals surface area contributed by atoms with Gasteiger partial charge in [0.15, 0.2) is 0 Å². The number of H-pyrrole nitrogens is 2. The van der Waals surface area contributed by atoms with Crippen molar-refractivity contribution in [2.24, 2.45) is 0 Å². The Balaban J connectivity index is 1.92. The lowest BCUT2D eigenvalue weighted by Crippen LogP contribution is -2.24. The summed E-state index contributed by atoms with van der Waals surface area (Å²) in [7, 11) is 0. The largest absolute Gasteiger partial charge is 0.344 e. The van der Waals surface area contributed by atoms with Gasteiger partial charge in [-0.2, -0.15) is 0 Å². The SMILES string of the molecule is CCCc1nc(C(=O)NCc2csc(=O)[nH]2)n[nH]1. The van der Waals surface area contributed by atoms with E-state index in [1.165, 1.54) is 0 Å². The van der Waals surface area contributed by atoms with Crippen molar-refractivity contribution in [3.63, 3.8) is 0 Å². The van der Waals surface area contributed by atoms with Gasteiger partial charge in [0.1, 0.15) is 5.82 Å². The predicted molar refractivity (Wildman–Crippen MR) is 66.5 cm³/mol. The zero-order chi connectivity index (χ0) is 13.0. The number of carbonyl (C=O) groups is 1. The number of amides is 1. The van der Waals surface area contributed by atoms with E-state index in [-0.39, 0.29) is 23.1 Å². The van der Waals surface area contributed by atoms with Crippen LogP contribution in [0.1, 0.15) is 35.5 Å². The van der Waals surface area contributed by atoms with Gasteiger partial charge in [-0.3, -0.25) is 14.7 Å². The van der Waals surface area contributed by atoms with Crippen molar-refractivity contribution in [1.29, 1.82) is 0 Å². The lowest BCUT2D eigenvalue weighted by atomic mass is 10.3. The minimum Gasteiger partial charge on any atom is -0.344 e. The first-order valence-electron chi connectivity index (χ1n) is 5.55. The molecule has 2 aromatic rings. The third kappa shape index (κ3) is 3.04. The van der Waals surface area contributed by atoms with Crippen molar-refractivity contribution in [2.45, 2.75) is 26.3 Å². The van der Waals surface area contributed by atoms with Gasteiger partial charge in [0.05, 0.1) is 6.54 Å². The summed E-state index contributed by atoms with van der Waals surface area (Å²) in [6.45, 7) is 2.28. The highest BCUT2D eigenvalue weighted by molar-refractivity contribution is 7.07. The van der Waals surface area contributed by atoms with Crippen molar-refractivity contribution in [3.05, 3.63) is 32.4 Å². The van der Waals surface area contributed by atoms with Crippen LogP contribution < -0.4 is 10.2 Å². The van der Waals surface area contributed by atoms with Crippen molar-refractivity contribution in [1.82, 2.24) is 25.5 Å². The Hall–Kier alpha value is -1.96. The highest BCUT2D eigenvalue weighted by atomic mass is 32.1. The molecule has 0 saturated carbocycles. The van der Waals surface area contributed by atoms with Crippen molar-refractivity contribution in [3.8, 4) is 0 Å². The average molecular weight is 267 g/mol. The number of rotatable bonds is 5. The van der Waals surface area contributed by atoms with Gasteiger partial charge in [-0.25, -0.2) is 4.98 Å². The Morgan fingerprint density at radius 1 is 1.56 bits per heavy atom. The van der Waals surface area contributed by atoms with Crippen LogP contribution >= 0.6 is 11.3 Å². The molecule has 3 N–H and O–H groups in total. The second kappa shape index (κ2) is 5.58. The van der Waals surface area contributed by atoms with Crippen molar-refractivity contribution < 1.29 is 4.79 Å². The number of aryl methyl sites for hydroxylation is 1. The van der Waals surface area contributed by atoms with E-state index in [0.29, 0.717) is 11.5 Å². The van der Waals surface area contributed by atoms with Gasteiger partial charge in [0, 0.05) is 17.5 Å². The summed E-state index contributed by atoms with van der Waals surface area (Å²) >= 11 is 1.06. The Morgan fingerprint density at radius 3 is 3.06 bits per heavy atom. The van der Waals surface area contributed by atoms with Gasteiger partial charge in [0.25, 0.3) is 5.91 Å². The minimum absolute atomic E-state index is 0.121. The molecule has 2 aromatic heterocycles. The molecule has 0 fully saturated rings. The summed E-state index contributed by atoms with van der Waals surface area (Å²) in [4.78, 5) is 29.1. The quantitative estimate of drug-likeness (QED) is 0.731. The Kier molecular flexibility index (Phi) is 3.88. The summed E-state index contributed by atoms with van der Waals surface area (Å²) in [5, 5.41) is 10.9. The minimum atomic E-state index is -0.361. The maximum atomic E-state index is 11.7. The van der Waals surface area contributed by atoms with Crippen molar-refractivity contribution >= 4 is 17.2 Å². The molecule has 7 nitrogen and oxygen atoms in total. The highest BCUT2D eigenvalue weighted by Gasteiger charge is 2.11. The van der Waals surface area contributed by atoms with Gasteiger partial charge < -0.3 is 10.3 Å². The number of nitrogens with one attached hydrogen (secondary N) is 3. The van der Waals surface area contributed by atoms with E-state index in [1.807, 2.05) is 6.92 Å². The zero-order valence-corrected chi connectivity index (χ0v) is 10.6. The summed E-state index contributed by atoms with van der Waals surface area (Å²) in [6.07, 6.45) is 1.70. The average Bonchev–Trinajstić information content (AvgIpc) is 2.96. The number of carbonyl (C=O) groups excluding carboxylic acids is 1. The molecule has 0 atom stereocenters. The molecule has 0 aromatic carbocycles.